The van der Waals surface area contributed by atoms with Gasteiger partial charge in [0.1, 0.15) is 17.9 Å². The van der Waals surface area contributed by atoms with E-state index in [2.05, 4.69) is 20.9 Å². The molecule has 2 rings (SSSR count). The number of aromatic nitrogens is 1. The van der Waals surface area contributed by atoms with Gasteiger partial charge >= 0.3 is 5.97 Å². The van der Waals surface area contributed by atoms with Gasteiger partial charge in [-0.15, -0.1) is 0 Å². The molecule has 0 fully saturated rings. The van der Waals surface area contributed by atoms with Crippen LogP contribution in [-0.2, 0) is 6.61 Å². The van der Waals surface area contributed by atoms with E-state index in [-0.39, 0.29) is 12.2 Å². The Balaban J connectivity index is 2.16. The first-order valence-corrected chi connectivity index (χ1v) is 6.43. The van der Waals surface area contributed by atoms with Crippen molar-refractivity contribution in [3.8, 4) is 5.75 Å². The van der Waals surface area contributed by atoms with E-state index in [0.29, 0.717) is 5.75 Å². The lowest BCUT2D eigenvalue weighted by atomic mass is 10.1. The molecular formula is C14H12BrNO3. The maximum absolute atomic E-state index is 11.1. The van der Waals surface area contributed by atoms with E-state index in [1.165, 1.54) is 0 Å². The van der Waals surface area contributed by atoms with Crippen molar-refractivity contribution in [2.75, 3.05) is 0 Å². The normalized spacial score (nSPS) is 10.2. The molecule has 1 heterocycles. The molecule has 19 heavy (non-hydrogen) atoms. The van der Waals surface area contributed by atoms with Crippen LogP contribution in [0, 0.1) is 6.92 Å². The quantitative estimate of drug-likeness (QED) is 0.937. The summed E-state index contributed by atoms with van der Waals surface area (Å²) < 4.78 is 6.43. The number of carbonyl (C=O) groups is 1. The third-order valence-corrected chi connectivity index (χ3v) is 3.00. The molecular weight excluding hydrogens is 310 g/mol. The SMILES string of the molecule is Cc1ccc(C(=O)O)c(OCc2ccc(Br)cn2)c1. The van der Waals surface area contributed by atoms with Gasteiger partial charge in [-0.1, -0.05) is 6.07 Å². The van der Waals surface area contributed by atoms with Crippen LogP contribution in [0.25, 0.3) is 0 Å². The molecule has 0 bridgehead atoms. The lowest BCUT2D eigenvalue weighted by molar-refractivity contribution is 0.0691. The Morgan fingerprint density at radius 2 is 2.16 bits per heavy atom. The van der Waals surface area contributed by atoms with E-state index in [1.807, 2.05) is 19.1 Å². The number of hydrogen-bond acceptors (Lipinski definition) is 3. The molecule has 0 unspecified atom stereocenters. The van der Waals surface area contributed by atoms with Gasteiger partial charge in [-0.05, 0) is 52.7 Å². The standard InChI is InChI=1S/C14H12BrNO3/c1-9-2-5-12(14(17)18)13(6-9)19-8-11-4-3-10(15)7-16-11/h2-7H,8H2,1H3,(H,17,18). The molecule has 4 nitrogen and oxygen atoms in total. The van der Waals surface area contributed by atoms with Gasteiger partial charge in [0.25, 0.3) is 0 Å². The maximum Gasteiger partial charge on any atom is 0.339 e. The first-order chi connectivity index (χ1) is 9.06. The molecule has 0 aliphatic rings. The van der Waals surface area contributed by atoms with Crippen LogP contribution in [0.1, 0.15) is 21.6 Å². The molecule has 1 N–H and O–H groups in total. The zero-order valence-corrected chi connectivity index (χ0v) is 11.8. The van der Waals surface area contributed by atoms with Crippen LogP contribution in [0.2, 0.25) is 0 Å². The third kappa shape index (κ3) is 3.54. The molecule has 5 heteroatoms. The predicted molar refractivity (Wildman–Crippen MR) is 74.4 cm³/mol. The van der Waals surface area contributed by atoms with E-state index >= 15 is 0 Å². The van der Waals surface area contributed by atoms with Gasteiger partial charge in [-0.2, -0.15) is 0 Å². The topological polar surface area (TPSA) is 59.4 Å². The van der Waals surface area contributed by atoms with Crippen LogP contribution in [0.3, 0.4) is 0 Å². The van der Waals surface area contributed by atoms with Crippen molar-refractivity contribution in [2.24, 2.45) is 0 Å². The Morgan fingerprint density at radius 3 is 2.79 bits per heavy atom. The monoisotopic (exact) mass is 321 g/mol. The van der Waals surface area contributed by atoms with E-state index in [0.717, 1.165) is 15.7 Å². The van der Waals surface area contributed by atoms with Crippen LogP contribution in [0.5, 0.6) is 5.75 Å². The van der Waals surface area contributed by atoms with Crippen molar-refractivity contribution in [1.82, 2.24) is 4.98 Å². The number of hydrogen-bond donors (Lipinski definition) is 1. The smallest absolute Gasteiger partial charge is 0.339 e. The van der Waals surface area contributed by atoms with E-state index in [1.54, 1.807) is 24.4 Å². The third-order valence-electron chi connectivity index (χ3n) is 2.53. The van der Waals surface area contributed by atoms with Crippen LogP contribution in [-0.4, -0.2) is 16.1 Å². The van der Waals surface area contributed by atoms with Crippen LogP contribution >= 0.6 is 15.9 Å². The minimum Gasteiger partial charge on any atom is -0.486 e. The van der Waals surface area contributed by atoms with E-state index < -0.39 is 5.97 Å². The van der Waals surface area contributed by atoms with Crippen molar-refractivity contribution in [2.45, 2.75) is 13.5 Å². The number of nitrogens with zero attached hydrogens (tertiary/aromatic N) is 1. The average molecular weight is 322 g/mol. The van der Waals surface area contributed by atoms with Gasteiger partial charge in [-0.3, -0.25) is 4.98 Å². The second-order valence-corrected chi connectivity index (χ2v) is 4.98. The van der Waals surface area contributed by atoms with Crippen molar-refractivity contribution < 1.29 is 14.6 Å². The molecule has 0 aliphatic heterocycles. The van der Waals surface area contributed by atoms with Crippen LogP contribution in [0.15, 0.2) is 41.0 Å². The Hall–Kier alpha value is -1.88. The highest BCUT2D eigenvalue weighted by Crippen LogP contribution is 2.21. The Bertz CT molecular complexity index is 596. The summed E-state index contributed by atoms with van der Waals surface area (Å²) in [5.74, 6) is -0.643. The summed E-state index contributed by atoms with van der Waals surface area (Å²) in [7, 11) is 0. The highest BCUT2D eigenvalue weighted by atomic mass is 79.9. The Labute approximate surface area is 119 Å². The minimum absolute atomic E-state index is 0.155. The molecule has 0 saturated carbocycles. The van der Waals surface area contributed by atoms with E-state index in [4.69, 9.17) is 9.84 Å². The Morgan fingerprint density at radius 1 is 1.37 bits per heavy atom. The lowest BCUT2D eigenvalue weighted by Crippen LogP contribution is -2.04. The maximum atomic E-state index is 11.1. The summed E-state index contributed by atoms with van der Waals surface area (Å²) in [6.07, 6.45) is 1.67. The van der Waals surface area contributed by atoms with Crippen molar-refractivity contribution in [3.05, 3.63) is 57.8 Å². The Kier molecular flexibility index (Phi) is 4.16. The summed E-state index contributed by atoms with van der Waals surface area (Å²) in [6, 6.07) is 8.68. The number of aryl methyl sites for hydroxylation is 1. The van der Waals surface area contributed by atoms with Crippen molar-refractivity contribution in [3.63, 3.8) is 0 Å². The molecule has 0 aliphatic carbocycles. The first-order valence-electron chi connectivity index (χ1n) is 5.63. The highest BCUT2D eigenvalue weighted by molar-refractivity contribution is 9.10. The number of aromatic carboxylic acids is 1. The number of halogens is 1. The number of carboxylic acid groups (broad SMARTS) is 1. The molecule has 0 amide bonds. The second kappa shape index (κ2) is 5.84. The van der Waals surface area contributed by atoms with Crippen LogP contribution < -0.4 is 4.74 Å². The molecule has 0 spiro atoms. The molecule has 2 aromatic rings. The van der Waals surface area contributed by atoms with Gasteiger partial charge in [0.2, 0.25) is 0 Å². The zero-order chi connectivity index (χ0) is 13.8. The fourth-order valence-corrected chi connectivity index (χ4v) is 1.80. The fourth-order valence-electron chi connectivity index (χ4n) is 1.57. The van der Waals surface area contributed by atoms with E-state index in [9.17, 15) is 4.79 Å². The van der Waals surface area contributed by atoms with Gasteiger partial charge in [-0.25, -0.2) is 4.79 Å². The van der Waals surface area contributed by atoms with Crippen molar-refractivity contribution >= 4 is 21.9 Å². The largest absolute Gasteiger partial charge is 0.486 e. The number of benzene rings is 1. The number of pyridine rings is 1. The van der Waals surface area contributed by atoms with Crippen LogP contribution in [0.4, 0.5) is 0 Å². The highest BCUT2D eigenvalue weighted by Gasteiger charge is 2.11. The molecule has 0 saturated heterocycles. The average Bonchev–Trinajstić information content (AvgIpc) is 2.38. The number of carboxylic acids is 1. The summed E-state index contributed by atoms with van der Waals surface area (Å²) >= 11 is 3.30. The predicted octanol–water partition coefficient (Wildman–Crippen LogP) is 3.43. The number of rotatable bonds is 4. The minimum atomic E-state index is -1.00. The summed E-state index contributed by atoms with van der Waals surface area (Å²) in [4.78, 5) is 15.3. The summed E-state index contributed by atoms with van der Waals surface area (Å²) in [5, 5.41) is 9.09. The van der Waals surface area contributed by atoms with Crippen molar-refractivity contribution in [1.29, 1.82) is 0 Å². The number of ether oxygens (including phenoxy) is 1. The van der Waals surface area contributed by atoms with Gasteiger partial charge in [0, 0.05) is 10.7 Å². The molecule has 0 atom stereocenters. The van der Waals surface area contributed by atoms with Gasteiger partial charge in [0.15, 0.2) is 0 Å². The summed E-state index contributed by atoms with van der Waals surface area (Å²) in [5.41, 5.74) is 1.84. The molecule has 98 valence electrons. The van der Waals surface area contributed by atoms with Gasteiger partial charge in [0.05, 0.1) is 5.69 Å². The molecule has 1 aromatic heterocycles. The second-order valence-electron chi connectivity index (χ2n) is 4.06. The fraction of sp³-hybridized carbons (Fsp3) is 0.143. The first kappa shape index (κ1) is 13.5. The lowest BCUT2D eigenvalue weighted by Gasteiger charge is -2.09. The summed E-state index contributed by atoms with van der Waals surface area (Å²) in [6.45, 7) is 2.12. The molecule has 1 aromatic carbocycles. The molecule has 0 radical (unpaired) electrons. The zero-order valence-electron chi connectivity index (χ0n) is 10.3. The van der Waals surface area contributed by atoms with Gasteiger partial charge < -0.3 is 9.84 Å².